The lowest BCUT2D eigenvalue weighted by molar-refractivity contribution is -0.124. The van der Waals surface area contributed by atoms with Gasteiger partial charge in [0.25, 0.3) is 5.91 Å². The molecular weight excluding hydrogens is 250 g/mol. The smallest absolute Gasteiger partial charge is 0.359 e. The van der Waals surface area contributed by atoms with Crippen LogP contribution in [0.5, 0.6) is 0 Å². The summed E-state index contributed by atoms with van der Waals surface area (Å²) in [6.45, 7) is 0.853. The number of nitrogens with one attached hydrogen (secondary N) is 1. The van der Waals surface area contributed by atoms with E-state index in [-0.39, 0.29) is 24.3 Å². The van der Waals surface area contributed by atoms with Crippen molar-refractivity contribution in [1.82, 2.24) is 15.3 Å². The summed E-state index contributed by atoms with van der Waals surface area (Å²) >= 11 is 0. The van der Waals surface area contributed by atoms with Crippen molar-refractivity contribution in [3.05, 3.63) is 24.3 Å². The molecule has 1 N–H and O–H groups in total. The van der Waals surface area contributed by atoms with E-state index in [1.165, 1.54) is 18.6 Å². The molecule has 1 aliphatic heterocycles. The van der Waals surface area contributed by atoms with Crippen LogP contribution in [0.25, 0.3) is 0 Å². The highest BCUT2D eigenvalue weighted by molar-refractivity contribution is 5.89. The molecule has 1 unspecified atom stereocenters. The van der Waals surface area contributed by atoms with Crippen molar-refractivity contribution < 1.29 is 19.1 Å². The molecule has 1 fully saturated rings. The van der Waals surface area contributed by atoms with E-state index in [1.807, 2.05) is 0 Å². The van der Waals surface area contributed by atoms with Gasteiger partial charge < -0.3 is 14.8 Å². The molecule has 1 aliphatic rings. The zero-order chi connectivity index (χ0) is 13.5. The molecule has 0 radical (unpaired) electrons. The quantitative estimate of drug-likeness (QED) is 0.749. The lowest BCUT2D eigenvalue weighted by Crippen LogP contribution is -2.34. The number of aromatic nitrogens is 2. The molecule has 1 aromatic rings. The van der Waals surface area contributed by atoms with Crippen molar-refractivity contribution in [1.29, 1.82) is 0 Å². The molecule has 0 aliphatic carbocycles. The van der Waals surface area contributed by atoms with Crippen LogP contribution in [0.4, 0.5) is 0 Å². The number of esters is 1. The summed E-state index contributed by atoms with van der Waals surface area (Å²) < 4.78 is 10.2. The molecule has 0 spiro atoms. The highest BCUT2D eigenvalue weighted by Gasteiger charge is 2.17. The Morgan fingerprint density at radius 3 is 3.05 bits per heavy atom. The molecule has 0 saturated carbocycles. The van der Waals surface area contributed by atoms with Gasteiger partial charge in [0, 0.05) is 25.5 Å². The fourth-order valence-corrected chi connectivity index (χ4v) is 1.69. The predicted octanol–water partition coefficient (Wildman–Crippen LogP) is -0.0714. The summed E-state index contributed by atoms with van der Waals surface area (Å²) in [5.41, 5.74) is 0.0782. The number of ether oxygens (including phenoxy) is 2. The van der Waals surface area contributed by atoms with E-state index >= 15 is 0 Å². The number of carbonyl (C=O) groups is 2. The minimum atomic E-state index is -0.666. The third-order valence-electron chi connectivity index (χ3n) is 2.66. The van der Waals surface area contributed by atoms with E-state index in [9.17, 15) is 9.59 Å². The third kappa shape index (κ3) is 4.29. The first-order valence-corrected chi connectivity index (χ1v) is 6.07. The Kier molecular flexibility index (Phi) is 4.79. The second-order valence-electron chi connectivity index (χ2n) is 4.11. The Hall–Kier alpha value is -2.02. The summed E-state index contributed by atoms with van der Waals surface area (Å²) in [6, 6.07) is 0. The van der Waals surface area contributed by atoms with Crippen LogP contribution in [-0.2, 0) is 14.3 Å². The zero-order valence-corrected chi connectivity index (χ0v) is 10.4. The Morgan fingerprint density at radius 2 is 2.37 bits per heavy atom. The summed E-state index contributed by atoms with van der Waals surface area (Å²) in [5.74, 6) is -1.02. The highest BCUT2D eigenvalue weighted by Crippen LogP contribution is 2.10. The van der Waals surface area contributed by atoms with Crippen molar-refractivity contribution in [2.45, 2.75) is 18.9 Å². The Bertz CT molecular complexity index is 432. The molecule has 19 heavy (non-hydrogen) atoms. The monoisotopic (exact) mass is 265 g/mol. The molecule has 1 amide bonds. The maximum atomic E-state index is 11.5. The van der Waals surface area contributed by atoms with Crippen LogP contribution < -0.4 is 5.32 Å². The molecule has 2 heterocycles. The van der Waals surface area contributed by atoms with Crippen molar-refractivity contribution >= 4 is 11.9 Å². The van der Waals surface area contributed by atoms with Gasteiger partial charge in [-0.2, -0.15) is 0 Å². The molecule has 0 bridgehead atoms. The molecular formula is C12H15N3O4. The van der Waals surface area contributed by atoms with Crippen LogP contribution in [0.1, 0.15) is 23.3 Å². The van der Waals surface area contributed by atoms with Crippen LogP contribution in [-0.4, -0.2) is 47.7 Å². The SMILES string of the molecule is O=C(COC(=O)c1cnccn1)NCC1CCCO1. The lowest BCUT2D eigenvalue weighted by Gasteiger charge is -2.10. The minimum Gasteiger partial charge on any atom is -0.451 e. The summed E-state index contributed by atoms with van der Waals surface area (Å²) in [6.07, 6.45) is 6.15. The second kappa shape index (κ2) is 6.79. The first-order chi connectivity index (χ1) is 9.25. The van der Waals surface area contributed by atoms with Gasteiger partial charge in [-0.25, -0.2) is 9.78 Å². The Balaban J connectivity index is 1.67. The molecule has 7 heteroatoms. The van der Waals surface area contributed by atoms with Gasteiger partial charge in [0.15, 0.2) is 12.3 Å². The van der Waals surface area contributed by atoms with E-state index < -0.39 is 5.97 Å². The van der Waals surface area contributed by atoms with Crippen LogP contribution in [0.2, 0.25) is 0 Å². The van der Waals surface area contributed by atoms with E-state index in [2.05, 4.69) is 15.3 Å². The normalized spacial score (nSPS) is 18.0. The van der Waals surface area contributed by atoms with E-state index in [0.717, 1.165) is 19.4 Å². The van der Waals surface area contributed by atoms with Crippen molar-refractivity contribution in [2.75, 3.05) is 19.8 Å². The number of carbonyl (C=O) groups excluding carboxylic acids is 2. The average Bonchev–Trinajstić information content (AvgIpc) is 2.96. The maximum Gasteiger partial charge on any atom is 0.359 e. The second-order valence-corrected chi connectivity index (χ2v) is 4.11. The molecule has 1 saturated heterocycles. The molecule has 0 aromatic carbocycles. The largest absolute Gasteiger partial charge is 0.451 e. The predicted molar refractivity (Wildman–Crippen MR) is 64.3 cm³/mol. The summed E-state index contributed by atoms with van der Waals surface area (Å²) in [5, 5.41) is 2.65. The molecule has 102 valence electrons. The number of hydrogen-bond donors (Lipinski definition) is 1. The van der Waals surface area contributed by atoms with Gasteiger partial charge in [-0.3, -0.25) is 9.78 Å². The van der Waals surface area contributed by atoms with Crippen molar-refractivity contribution in [2.24, 2.45) is 0 Å². The number of hydrogen-bond acceptors (Lipinski definition) is 6. The first kappa shape index (κ1) is 13.4. The molecule has 1 atom stereocenters. The highest BCUT2D eigenvalue weighted by atomic mass is 16.5. The van der Waals surface area contributed by atoms with E-state index in [1.54, 1.807) is 0 Å². The molecule has 2 rings (SSSR count). The topological polar surface area (TPSA) is 90.4 Å². The Morgan fingerprint density at radius 1 is 1.47 bits per heavy atom. The summed E-state index contributed by atoms with van der Waals surface area (Å²) in [7, 11) is 0. The summed E-state index contributed by atoms with van der Waals surface area (Å²) in [4.78, 5) is 30.5. The molecule has 1 aromatic heterocycles. The van der Waals surface area contributed by atoms with E-state index in [4.69, 9.17) is 9.47 Å². The minimum absolute atomic E-state index is 0.0691. The van der Waals surface area contributed by atoms with Crippen LogP contribution in [0, 0.1) is 0 Å². The van der Waals surface area contributed by atoms with Crippen LogP contribution in [0.3, 0.4) is 0 Å². The fourth-order valence-electron chi connectivity index (χ4n) is 1.69. The third-order valence-corrected chi connectivity index (χ3v) is 2.66. The average molecular weight is 265 g/mol. The van der Waals surface area contributed by atoms with Gasteiger partial charge in [0.1, 0.15) is 0 Å². The first-order valence-electron chi connectivity index (χ1n) is 6.07. The standard InChI is InChI=1S/C12H15N3O4/c16-11(15-6-9-2-1-5-18-9)8-19-12(17)10-7-13-3-4-14-10/h3-4,7,9H,1-2,5-6,8H2,(H,15,16). The van der Waals surface area contributed by atoms with Gasteiger partial charge in [-0.05, 0) is 12.8 Å². The zero-order valence-electron chi connectivity index (χ0n) is 10.4. The van der Waals surface area contributed by atoms with Crippen LogP contribution >= 0.6 is 0 Å². The lowest BCUT2D eigenvalue weighted by atomic mass is 10.2. The van der Waals surface area contributed by atoms with Crippen molar-refractivity contribution in [3.8, 4) is 0 Å². The fraction of sp³-hybridized carbons (Fsp3) is 0.500. The Labute approximate surface area is 110 Å². The number of amides is 1. The van der Waals surface area contributed by atoms with Gasteiger partial charge in [0.2, 0.25) is 0 Å². The van der Waals surface area contributed by atoms with Crippen molar-refractivity contribution in [3.63, 3.8) is 0 Å². The van der Waals surface area contributed by atoms with Crippen LogP contribution in [0.15, 0.2) is 18.6 Å². The number of rotatable bonds is 5. The van der Waals surface area contributed by atoms with Gasteiger partial charge in [-0.1, -0.05) is 0 Å². The van der Waals surface area contributed by atoms with Gasteiger partial charge in [0.05, 0.1) is 12.3 Å². The number of nitrogens with zero attached hydrogens (tertiary/aromatic N) is 2. The maximum absolute atomic E-state index is 11.5. The molecule has 7 nitrogen and oxygen atoms in total. The van der Waals surface area contributed by atoms with Gasteiger partial charge >= 0.3 is 5.97 Å². The van der Waals surface area contributed by atoms with Gasteiger partial charge in [-0.15, -0.1) is 0 Å². The van der Waals surface area contributed by atoms with E-state index in [0.29, 0.717) is 6.54 Å².